The van der Waals surface area contributed by atoms with E-state index in [0.29, 0.717) is 0 Å². The summed E-state index contributed by atoms with van der Waals surface area (Å²) in [5.41, 5.74) is 0. The van der Waals surface area contributed by atoms with E-state index in [1.807, 2.05) is 0 Å². The molecule has 0 fully saturated rings. The van der Waals surface area contributed by atoms with Crippen molar-refractivity contribution < 1.29 is 4.43 Å². The summed E-state index contributed by atoms with van der Waals surface area (Å²) in [4.78, 5) is 0. The van der Waals surface area contributed by atoms with Gasteiger partial charge in [-0.25, -0.2) is 0 Å². The summed E-state index contributed by atoms with van der Waals surface area (Å²) in [5, 5.41) is 3.57. The summed E-state index contributed by atoms with van der Waals surface area (Å²) in [6.45, 7) is 9.29. The molecule has 0 aliphatic heterocycles. The van der Waals surface area contributed by atoms with Gasteiger partial charge in [0, 0.05) is 5.33 Å². The number of unbranched alkanes of at least 4 members (excludes halogenated alkanes) is 2. The van der Waals surface area contributed by atoms with Gasteiger partial charge < -0.3 is 4.43 Å². The van der Waals surface area contributed by atoms with Gasteiger partial charge in [-0.3, -0.25) is 0 Å². The molecule has 0 spiro atoms. The minimum absolute atomic E-state index is 0.0148. The molecule has 1 atom stereocenters. The third-order valence-corrected chi connectivity index (χ3v) is 10.7. The molecule has 0 N–H and O–H groups in total. The summed E-state index contributed by atoms with van der Waals surface area (Å²) in [7, 11) is -2.49. The molecule has 0 aromatic heterocycles. The second kappa shape index (κ2) is 11.1. The van der Waals surface area contributed by atoms with Crippen LogP contribution in [0, 0.1) is 0 Å². The summed E-state index contributed by atoms with van der Waals surface area (Å²) in [6.07, 6.45) is 9.35. The monoisotopic (exact) mass is 458 g/mol. The highest BCUT2D eigenvalue weighted by Crippen LogP contribution is 2.38. The van der Waals surface area contributed by atoms with E-state index >= 15 is 0 Å². The molecule has 0 bridgehead atoms. The zero-order chi connectivity index (χ0) is 20.5. The lowest BCUT2D eigenvalue weighted by molar-refractivity contribution is 0.218. The van der Waals surface area contributed by atoms with Gasteiger partial charge in [0.1, 0.15) is 0 Å². The molecule has 152 valence electrons. The van der Waals surface area contributed by atoms with Gasteiger partial charge in [0.15, 0.2) is 0 Å². The Morgan fingerprint density at radius 3 is 1.89 bits per heavy atom. The summed E-state index contributed by atoms with van der Waals surface area (Å²) >= 11 is 3.54. The van der Waals surface area contributed by atoms with Crippen molar-refractivity contribution in [2.24, 2.45) is 0 Å². The number of hydrogen-bond acceptors (Lipinski definition) is 1. The number of rotatable bonds is 10. The molecule has 1 unspecified atom stereocenters. The lowest BCUT2D eigenvalue weighted by atomic mass is 10.1. The van der Waals surface area contributed by atoms with E-state index in [0.717, 1.165) is 11.8 Å². The Balaban J connectivity index is 2.57. The molecule has 0 saturated heterocycles. The predicted octanol–water partition coefficient (Wildman–Crippen LogP) is 6.46. The van der Waals surface area contributed by atoms with Crippen LogP contribution in [0.3, 0.4) is 0 Å². The SMILES string of the molecule is CCCCCC(/C=C/CBr)O[Si](c1ccccc1)(c1ccccc1)C(C)(C)C. The van der Waals surface area contributed by atoms with Crippen LogP contribution in [0.25, 0.3) is 0 Å². The normalized spacial score (nSPS) is 13.8. The van der Waals surface area contributed by atoms with Crippen LogP contribution in [0.2, 0.25) is 5.04 Å². The zero-order valence-electron chi connectivity index (χ0n) is 17.8. The third kappa shape index (κ3) is 5.68. The molecule has 3 heteroatoms. The fraction of sp³-hybridized carbons (Fsp3) is 0.440. The first kappa shape index (κ1) is 23.1. The number of hydrogen-bond donors (Lipinski definition) is 0. The Bertz CT molecular complexity index is 667. The first-order valence-electron chi connectivity index (χ1n) is 10.5. The van der Waals surface area contributed by atoms with Gasteiger partial charge in [-0.1, -0.05) is 136 Å². The number of alkyl halides is 1. The number of allylic oxidation sites excluding steroid dienone is 1. The minimum atomic E-state index is -2.49. The van der Waals surface area contributed by atoms with Crippen LogP contribution in [-0.2, 0) is 4.43 Å². The molecule has 0 radical (unpaired) electrons. The van der Waals surface area contributed by atoms with Crippen molar-refractivity contribution in [1.82, 2.24) is 0 Å². The van der Waals surface area contributed by atoms with Crippen molar-refractivity contribution in [1.29, 1.82) is 0 Å². The highest BCUT2D eigenvalue weighted by molar-refractivity contribution is 9.09. The van der Waals surface area contributed by atoms with E-state index in [4.69, 9.17) is 4.43 Å². The Kier molecular flexibility index (Phi) is 9.19. The van der Waals surface area contributed by atoms with Gasteiger partial charge in [-0.2, -0.15) is 0 Å². The quantitative estimate of drug-likeness (QED) is 0.171. The summed E-state index contributed by atoms with van der Waals surface area (Å²) < 4.78 is 7.25. The van der Waals surface area contributed by atoms with Crippen LogP contribution in [0.1, 0.15) is 53.4 Å². The van der Waals surface area contributed by atoms with Crippen molar-refractivity contribution in [2.75, 3.05) is 5.33 Å². The van der Waals surface area contributed by atoms with E-state index in [9.17, 15) is 0 Å². The van der Waals surface area contributed by atoms with Crippen molar-refractivity contribution in [2.45, 2.75) is 64.5 Å². The maximum absolute atomic E-state index is 7.25. The zero-order valence-corrected chi connectivity index (χ0v) is 20.4. The molecule has 28 heavy (non-hydrogen) atoms. The molecule has 0 heterocycles. The van der Waals surface area contributed by atoms with Crippen LogP contribution in [-0.4, -0.2) is 19.8 Å². The maximum atomic E-state index is 7.25. The van der Waals surface area contributed by atoms with Crippen molar-refractivity contribution in [3.8, 4) is 0 Å². The van der Waals surface area contributed by atoms with Gasteiger partial charge in [0.05, 0.1) is 6.10 Å². The molecular formula is C25H35BrOSi. The van der Waals surface area contributed by atoms with Crippen LogP contribution >= 0.6 is 15.9 Å². The van der Waals surface area contributed by atoms with Crippen molar-refractivity contribution in [3.05, 3.63) is 72.8 Å². The Hall–Kier alpha value is -1.16. The summed E-state index contributed by atoms with van der Waals surface area (Å²) in [5.74, 6) is 0. The fourth-order valence-corrected chi connectivity index (χ4v) is 8.79. The van der Waals surface area contributed by atoms with E-state index in [-0.39, 0.29) is 11.1 Å². The van der Waals surface area contributed by atoms with E-state index in [1.54, 1.807) is 0 Å². The molecule has 0 saturated carbocycles. The fourth-order valence-electron chi connectivity index (χ4n) is 3.91. The smallest absolute Gasteiger partial charge is 0.261 e. The average molecular weight is 460 g/mol. The topological polar surface area (TPSA) is 9.23 Å². The van der Waals surface area contributed by atoms with Crippen LogP contribution in [0.15, 0.2) is 72.8 Å². The van der Waals surface area contributed by atoms with Crippen LogP contribution in [0.5, 0.6) is 0 Å². The number of halogens is 1. The van der Waals surface area contributed by atoms with Gasteiger partial charge >= 0.3 is 0 Å². The van der Waals surface area contributed by atoms with Crippen LogP contribution < -0.4 is 10.4 Å². The van der Waals surface area contributed by atoms with E-state index < -0.39 is 8.32 Å². The largest absolute Gasteiger partial charge is 0.401 e. The Morgan fingerprint density at radius 2 is 1.46 bits per heavy atom. The standard InChI is InChI=1S/C25H35BrOSi/c1-5-6-9-15-22(16-14-21-26)27-28(25(2,3)4,23-17-10-7-11-18-23)24-19-12-8-13-20-24/h7-8,10-14,16-20,22H,5-6,9,15,21H2,1-4H3/b16-14+. The summed E-state index contributed by atoms with van der Waals surface area (Å²) in [6, 6.07) is 21.9. The predicted molar refractivity (Wildman–Crippen MR) is 130 cm³/mol. The molecule has 2 rings (SSSR count). The molecule has 1 nitrogen and oxygen atoms in total. The molecule has 0 aliphatic rings. The van der Waals surface area contributed by atoms with Crippen molar-refractivity contribution in [3.63, 3.8) is 0 Å². The highest BCUT2D eigenvalue weighted by Gasteiger charge is 2.51. The Morgan fingerprint density at radius 1 is 0.929 bits per heavy atom. The van der Waals surface area contributed by atoms with Gasteiger partial charge in [-0.15, -0.1) is 0 Å². The lowest BCUT2D eigenvalue weighted by Gasteiger charge is -2.45. The molecular weight excluding hydrogens is 424 g/mol. The van der Waals surface area contributed by atoms with Crippen LogP contribution in [0.4, 0.5) is 0 Å². The third-order valence-electron chi connectivity index (χ3n) is 5.28. The lowest BCUT2D eigenvalue weighted by Crippen LogP contribution is -2.67. The second-order valence-corrected chi connectivity index (χ2v) is 13.3. The first-order valence-corrected chi connectivity index (χ1v) is 13.5. The Labute approximate surface area is 181 Å². The van der Waals surface area contributed by atoms with E-state index in [2.05, 4.69) is 116 Å². The maximum Gasteiger partial charge on any atom is 0.261 e. The molecule has 2 aromatic rings. The first-order chi connectivity index (χ1) is 13.5. The van der Waals surface area contributed by atoms with Gasteiger partial charge in [0.25, 0.3) is 8.32 Å². The molecule has 2 aromatic carbocycles. The molecule has 0 aliphatic carbocycles. The average Bonchev–Trinajstić information content (AvgIpc) is 2.70. The second-order valence-electron chi connectivity index (χ2n) is 8.40. The van der Waals surface area contributed by atoms with Gasteiger partial charge in [0.2, 0.25) is 0 Å². The highest BCUT2D eigenvalue weighted by atomic mass is 79.9. The number of benzene rings is 2. The van der Waals surface area contributed by atoms with Crippen molar-refractivity contribution >= 4 is 34.6 Å². The van der Waals surface area contributed by atoms with Gasteiger partial charge in [-0.05, 0) is 21.8 Å². The minimum Gasteiger partial charge on any atom is -0.401 e. The molecule has 0 amide bonds. The van der Waals surface area contributed by atoms with E-state index in [1.165, 1.54) is 29.6 Å².